The summed E-state index contributed by atoms with van der Waals surface area (Å²) in [7, 11) is 0. The van der Waals surface area contributed by atoms with Crippen LogP contribution in [-0.2, 0) is 21.7 Å². The maximum atomic E-state index is 12.6. The van der Waals surface area contributed by atoms with E-state index in [1.54, 1.807) is 6.20 Å². The molecule has 2 atom stereocenters. The summed E-state index contributed by atoms with van der Waals surface area (Å²) in [6, 6.07) is 20.9. The zero-order valence-electron chi connectivity index (χ0n) is 16.0. The number of cyclic esters (lactones) is 1. The molecule has 0 saturated carbocycles. The first-order valence-electron chi connectivity index (χ1n) is 9.41. The molecule has 1 aliphatic rings. The Hall–Kier alpha value is -2.86. The van der Waals surface area contributed by atoms with E-state index in [4.69, 9.17) is 9.47 Å². The van der Waals surface area contributed by atoms with Crippen LogP contribution in [0.2, 0.25) is 0 Å². The largest absolute Gasteiger partial charge is 0.485 e. The Balaban J connectivity index is 1.48. The summed E-state index contributed by atoms with van der Waals surface area (Å²) in [4.78, 5) is 16.9. The van der Waals surface area contributed by atoms with Gasteiger partial charge < -0.3 is 14.8 Å². The summed E-state index contributed by atoms with van der Waals surface area (Å²) in [5.41, 5.74) is 1.33. The Labute approximate surface area is 178 Å². The number of nitrogens with zero attached hydrogens (tertiary/aromatic N) is 1. The summed E-state index contributed by atoms with van der Waals surface area (Å²) in [5.74, 6) is 0.835. The van der Waals surface area contributed by atoms with Gasteiger partial charge in [-0.2, -0.15) is 0 Å². The summed E-state index contributed by atoms with van der Waals surface area (Å²) in [6.45, 7) is 2.36. The van der Waals surface area contributed by atoms with E-state index in [1.807, 2.05) is 73.7 Å². The molecule has 148 valence electrons. The lowest BCUT2D eigenvalue weighted by Crippen LogP contribution is -2.26. The number of pyridine rings is 1. The highest BCUT2D eigenvalue weighted by molar-refractivity contribution is 9.10. The minimum Gasteiger partial charge on any atom is -0.485 e. The number of anilines is 1. The van der Waals surface area contributed by atoms with Crippen molar-refractivity contribution >= 4 is 27.7 Å². The van der Waals surface area contributed by atoms with Gasteiger partial charge in [-0.3, -0.25) is 0 Å². The number of nitrogens with one attached hydrogen (secondary N) is 1. The first kappa shape index (κ1) is 19.5. The molecule has 2 aromatic carbocycles. The molecule has 1 aliphatic heterocycles. The van der Waals surface area contributed by atoms with E-state index in [0.717, 1.165) is 15.6 Å². The predicted molar refractivity (Wildman–Crippen MR) is 115 cm³/mol. The van der Waals surface area contributed by atoms with Crippen molar-refractivity contribution in [1.29, 1.82) is 0 Å². The number of carbonyl (C=O) groups excluding carboxylic acids is 1. The van der Waals surface area contributed by atoms with Crippen LogP contribution in [0.4, 0.5) is 5.82 Å². The molecule has 0 radical (unpaired) electrons. The van der Waals surface area contributed by atoms with Gasteiger partial charge in [0.2, 0.25) is 0 Å². The molecule has 29 heavy (non-hydrogen) atoms. The van der Waals surface area contributed by atoms with Gasteiger partial charge in [-0.25, -0.2) is 9.78 Å². The number of benzene rings is 2. The highest BCUT2D eigenvalue weighted by Gasteiger charge is 2.45. The van der Waals surface area contributed by atoms with E-state index in [2.05, 4.69) is 26.2 Å². The second-order valence-electron chi connectivity index (χ2n) is 7.18. The SMILES string of the molecule is CC1(c2ccc(Br)cc2)CC(Nc2ncccc2OCc2ccccc2)C(=O)O1. The Bertz CT molecular complexity index is 995. The average Bonchev–Trinajstić information content (AvgIpc) is 3.03. The van der Waals surface area contributed by atoms with E-state index in [9.17, 15) is 4.79 Å². The molecule has 0 bridgehead atoms. The molecule has 1 fully saturated rings. The van der Waals surface area contributed by atoms with E-state index in [0.29, 0.717) is 24.6 Å². The molecule has 6 heteroatoms. The van der Waals surface area contributed by atoms with E-state index in [1.165, 1.54) is 0 Å². The van der Waals surface area contributed by atoms with Crippen LogP contribution in [-0.4, -0.2) is 17.0 Å². The topological polar surface area (TPSA) is 60.5 Å². The van der Waals surface area contributed by atoms with Crippen LogP contribution < -0.4 is 10.1 Å². The molecular formula is C23H21BrN2O3. The molecule has 1 saturated heterocycles. The van der Waals surface area contributed by atoms with Gasteiger partial charge in [-0.1, -0.05) is 58.4 Å². The van der Waals surface area contributed by atoms with Crippen LogP contribution in [0.25, 0.3) is 0 Å². The summed E-state index contributed by atoms with van der Waals surface area (Å²) in [6.07, 6.45) is 2.17. The molecule has 0 spiro atoms. The van der Waals surface area contributed by atoms with Crippen molar-refractivity contribution in [2.45, 2.75) is 31.6 Å². The maximum Gasteiger partial charge on any atom is 0.329 e. The summed E-state index contributed by atoms with van der Waals surface area (Å²) in [5, 5.41) is 3.21. The van der Waals surface area contributed by atoms with Crippen LogP contribution in [0.15, 0.2) is 77.4 Å². The van der Waals surface area contributed by atoms with E-state index in [-0.39, 0.29) is 5.97 Å². The van der Waals surface area contributed by atoms with Gasteiger partial charge in [-0.15, -0.1) is 0 Å². The fourth-order valence-electron chi connectivity index (χ4n) is 3.41. The Morgan fingerprint density at radius 3 is 2.66 bits per heavy atom. The molecule has 5 nitrogen and oxygen atoms in total. The van der Waals surface area contributed by atoms with Gasteiger partial charge >= 0.3 is 5.97 Å². The fourth-order valence-corrected chi connectivity index (χ4v) is 3.68. The zero-order valence-corrected chi connectivity index (χ0v) is 17.6. The normalized spacial score (nSPS) is 20.9. The molecule has 2 unspecified atom stereocenters. The van der Waals surface area contributed by atoms with Crippen molar-refractivity contribution in [3.8, 4) is 5.75 Å². The predicted octanol–water partition coefficient (Wildman–Crippen LogP) is 5.07. The number of aromatic nitrogens is 1. The number of ether oxygens (including phenoxy) is 2. The van der Waals surface area contributed by atoms with Gasteiger partial charge in [0.1, 0.15) is 18.2 Å². The minimum atomic E-state index is -0.685. The van der Waals surface area contributed by atoms with Crippen molar-refractivity contribution in [2.24, 2.45) is 0 Å². The summed E-state index contributed by atoms with van der Waals surface area (Å²) >= 11 is 3.44. The van der Waals surface area contributed by atoms with Crippen molar-refractivity contribution in [2.75, 3.05) is 5.32 Å². The lowest BCUT2D eigenvalue weighted by atomic mass is 9.91. The molecule has 0 aliphatic carbocycles. The Morgan fingerprint density at radius 2 is 1.90 bits per heavy atom. The number of hydrogen-bond acceptors (Lipinski definition) is 5. The third-order valence-corrected chi connectivity index (χ3v) is 5.51. The molecular weight excluding hydrogens is 432 g/mol. The molecule has 4 rings (SSSR count). The number of carbonyl (C=O) groups is 1. The smallest absolute Gasteiger partial charge is 0.329 e. The number of hydrogen-bond donors (Lipinski definition) is 1. The van der Waals surface area contributed by atoms with E-state index >= 15 is 0 Å². The average molecular weight is 453 g/mol. The number of halogens is 1. The first-order chi connectivity index (χ1) is 14.0. The lowest BCUT2D eigenvalue weighted by Gasteiger charge is -2.23. The highest BCUT2D eigenvalue weighted by atomic mass is 79.9. The molecule has 3 aromatic rings. The Morgan fingerprint density at radius 1 is 1.14 bits per heavy atom. The molecule has 0 amide bonds. The second kappa shape index (κ2) is 8.25. The quantitative estimate of drug-likeness (QED) is 0.529. The highest BCUT2D eigenvalue weighted by Crippen LogP contribution is 2.38. The standard InChI is InChI=1S/C23H21BrN2O3/c1-23(17-9-11-18(24)12-10-17)14-19(22(27)29-23)26-21-20(8-5-13-25-21)28-15-16-6-3-2-4-7-16/h2-13,19H,14-15H2,1H3,(H,25,26). The van der Waals surface area contributed by atoms with Crippen LogP contribution in [0.3, 0.4) is 0 Å². The van der Waals surface area contributed by atoms with Crippen LogP contribution >= 0.6 is 15.9 Å². The number of esters is 1. The van der Waals surface area contributed by atoms with Crippen molar-refractivity contribution in [3.05, 3.63) is 88.5 Å². The van der Waals surface area contributed by atoms with Crippen molar-refractivity contribution in [3.63, 3.8) is 0 Å². The Kier molecular flexibility index (Phi) is 5.53. The van der Waals surface area contributed by atoms with Gasteiger partial charge in [0, 0.05) is 17.1 Å². The molecule has 1 aromatic heterocycles. The minimum absolute atomic E-state index is 0.296. The van der Waals surface area contributed by atoms with Crippen LogP contribution in [0.5, 0.6) is 5.75 Å². The van der Waals surface area contributed by atoms with Gasteiger partial charge in [-0.05, 0) is 42.3 Å². The third-order valence-electron chi connectivity index (χ3n) is 4.98. The monoisotopic (exact) mass is 452 g/mol. The van der Waals surface area contributed by atoms with Gasteiger partial charge in [0.15, 0.2) is 11.6 Å². The first-order valence-corrected chi connectivity index (χ1v) is 10.2. The fraction of sp³-hybridized carbons (Fsp3) is 0.217. The van der Waals surface area contributed by atoms with Crippen molar-refractivity contribution in [1.82, 2.24) is 4.98 Å². The van der Waals surface area contributed by atoms with Gasteiger partial charge in [0.05, 0.1) is 0 Å². The molecule has 1 N–H and O–H groups in total. The van der Waals surface area contributed by atoms with Crippen LogP contribution in [0, 0.1) is 0 Å². The summed E-state index contributed by atoms with van der Waals surface area (Å²) < 4.78 is 12.7. The lowest BCUT2D eigenvalue weighted by molar-refractivity contribution is -0.148. The third kappa shape index (κ3) is 4.43. The second-order valence-corrected chi connectivity index (χ2v) is 8.10. The maximum absolute atomic E-state index is 12.6. The molecule has 2 heterocycles. The zero-order chi connectivity index (χ0) is 20.3. The van der Waals surface area contributed by atoms with Gasteiger partial charge in [0.25, 0.3) is 0 Å². The number of rotatable bonds is 6. The van der Waals surface area contributed by atoms with Crippen molar-refractivity contribution < 1.29 is 14.3 Å². The van der Waals surface area contributed by atoms with Crippen LogP contribution in [0.1, 0.15) is 24.5 Å². The van der Waals surface area contributed by atoms with E-state index < -0.39 is 11.6 Å².